The molecule has 0 saturated heterocycles. The van der Waals surface area contributed by atoms with Crippen LogP contribution >= 0.6 is 0 Å². The molecule has 0 aliphatic carbocycles. The van der Waals surface area contributed by atoms with E-state index in [1.54, 1.807) is 31.2 Å². The molecule has 17 heavy (non-hydrogen) atoms. The molecule has 1 heterocycles. The minimum absolute atomic E-state index is 0.0543. The number of nitrogens with one attached hydrogen (secondary N) is 1. The minimum Gasteiger partial charge on any atom is -0.481 e. The van der Waals surface area contributed by atoms with Gasteiger partial charge < -0.3 is 10.1 Å². The first kappa shape index (κ1) is 11.3. The van der Waals surface area contributed by atoms with E-state index in [1.165, 1.54) is 0 Å². The number of hydrogen-bond acceptors (Lipinski definition) is 3. The third kappa shape index (κ3) is 2.33. The van der Waals surface area contributed by atoms with E-state index < -0.39 is 5.97 Å². The van der Waals surface area contributed by atoms with Crippen molar-refractivity contribution in [1.29, 1.82) is 0 Å². The van der Waals surface area contributed by atoms with Crippen LogP contribution in [-0.2, 0) is 4.79 Å². The van der Waals surface area contributed by atoms with Crippen LogP contribution in [0.25, 0.3) is 10.9 Å². The van der Waals surface area contributed by atoms with Gasteiger partial charge in [-0.3, -0.25) is 9.59 Å². The molecule has 2 aromatic rings. The Morgan fingerprint density at radius 3 is 2.88 bits per heavy atom. The van der Waals surface area contributed by atoms with Crippen molar-refractivity contribution in [1.82, 2.24) is 9.97 Å². The number of H-pyrrole nitrogens is 1. The normalized spacial score (nSPS) is 12.5. The van der Waals surface area contributed by atoms with E-state index in [9.17, 15) is 9.59 Å². The topological polar surface area (TPSA) is 83.0 Å². The largest absolute Gasteiger partial charge is 0.481 e. The molecule has 0 aliphatic heterocycles. The maximum atomic E-state index is 11.7. The molecule has 0 bridgehead atoms. The fourth-order valence-corrected chi connectivity index (χ4v) is 1.70. The third-order valence-electron chi connectivity index (χ3n) is 2.58. The van der Waals surface area contributed by atoms with Crippen LogP contribution in [0.3, 0.4) is 0 Å². The van der Waals surface area contributed by atoms with Crippen LogP contribution in [0.2, 0.25) is 0 Å². The summed E-state index contributed by atoms with van der Waals surface area (Å²) in [5.41, 5.74) is 0.353. The van der Waals surface area contributed by atoms with Crippen LogP contribution in [0.4, 0.5) is 0 Å². The number of aromatic nitrogens is 2. The number of aliphatic carboxylic acids is 1. The van der Waals surface area contributed by atoms with Gasteiger partial charge in [-0.15, -0.1) is 0 Å². The van der Waals surface area contributed by atoms with Crippen molar-refractivity contribution in [3.63, 3.8) is 0 Å². The highest BCUT2D eigenvalue weighted by molar-refractivity contribution is 5.77. The number of fused-ring (bicyclic) bond motifs is 1. The van der Waals surface area contributed by atoms with Crippen LogP contribution < -0.4 is 5.56 Å². The van der Waals surface area contributed by atoms with E-state index in [1.807, 2.05) is 0 Å². The Kier molecular flexibility index (Phi) is 2.91. The summed E-state index contributed by atoms with van der Waals surface area (Å²) in [4.78, 5) is 29.3. The smallest absolute Gasteiger partial charge is 0.304 e. The molecule has 0 spiro atoms. The summed E-state index contributed by atoms with van der Waals surface area (Å²) >= 11 is 0. The van der Waals surface area contributed by atoms with Crippen molar-refractivity contribution >= 4 is 16.9 Å². The van der Waals surface area contributed by atoms with Crippen molar-refractivity contribution in [3.8, 4) is 0 Å². The van der Waals surface area contributed by atoms with Crippen molar-refractivity contribution in [2.75, 3.05) is 0 Å². The number of hydrogen-bond donors (Lipinski definition) is 2. The Morgan fingerprint density at radius 2 is 2.18 bits per heavy atom. The summed E-state index contributed by atoms with van der Waals surface area (Å²) in [5, 5.41) is 9.22. The van der Waals surface area contributed by atoms with Crippen LogP contribution in [0, 0.1) is 0 Å². The second kappa shape index (κ2) is 4.37. The van der Waals surface area contributed by atoms with E-state index >= 15 is 0 Å². The molecule has 1 atom stereocenters. The fraction of sp³-hybridized carbons (Fsp3) is 0.250. The number of benzene rings is 1. The number of nitrogens with zero attached hydrogens (tertiary/aromatic N) is 1. The summed E-state index contributed by atoms with van der Waals surface area (Å²) in [5.74, 6) is -0.811. The lowest BCUT2D eigenvalue weighted by Crippen LogP contribution is -2.15. The maximum absolute atomic E-state index is 11.7. The lowest BCUT2D eigenvalue weighted by atomic mass is 10.1. The molecule has 2 rings (SSSR count). The number of para-hydroxylation sites is 1. The van der Waals surface area contributed by atoms with Gasteiger partial charge >= 0.3 is 5.97 Å². The highest BCUT2D eigenvalue weighted by Crippen LogP contribution is 2.15. The number of carbonyl (C=O) groups is 1. The molecule has 0 fully saturated rings. The van der Waals surface area contributed by atoms with Crippen LogP contribution in [-0.4, -0.2) is 21.0 Å². The van der Waals surface area contributed by atoms with Crippen LogP contribution in [0.1, 0.15) is 25.1 Å². The van der Waals surface area contributed by atoms with Crippen molar-refractivity contribution in [2.45, 2.75) is 19.3 Å². The highest BCUT2D eigenvalue weighted by Gasteiger charge is 2.13. The Balaban J connectivity index is 2.50. The van der Waals surface area contributed by atoms with Gasteiger partial charge in [0.1, 0.15) is 5.82 Å². The van der Waals surface area contributed by atoms with E-state index in [0.29, 0.717) is 16.7 Å². The van der Waals surface area contributed by atoms with Gasteiger partial charge in [0.2, 0.25) is 0 Å². The van der Waals surface area contributed by atoms with Gasteiger partial charge in [0.25, 0.3) is 5.56 Å². The van der Waals surface area contributed by atoms with E-state index in [0.717, 1.165) is 0 Å². The maximum Gasteiger partial charge on any atom is 0.304 e. The van der Waals surface area contributed by atoms with Gasteiger partial charge in [-0.05, 0) is 12.1 Å². The van der Waals surface area contributed by atoms with E-state index in [-0.39, 0.29) is 17.9 Å². The molecule has 1 aromatic heterocycles. The SMILES string of the molecule is CC(CC(=O)O)c1nc2ccccc2c(=O)[nH]1. The monoisotopic (exact) mass is 232 g/mol. The number of rotatable bonds is 3. The summed E-state index contributed by atoms with van der Waals surface area (Å²) in [6.45, 7) is 1.72. The Hall–Kier alpha value is -2.17. The van der Waals surface area contributed by atoms with Crippen molar-refractivity contribution < 1.29 is 9.90 Å². The van der Waals surface area contributed by atoms with E-state index in [4.69, 9.17) is 5.11 Å². The molecule has 0 saturated carbocycles. The molecule has 1 unspecified atom stereocenters. The molecule has 0 radical (unpaired) electrons. The number of carboxylic acids is 1. The Morgan fingerprint density at radius 1 is 1.47 bits per heavy atom. The van der Waals surface area contributed by atoms with E-state index in [2.05, 4.69) is 9.97 Å². The number of carboxylic acid groups (broad SMARTS) is 1. The molecule has 88 valence electrons. The first-order valence-corrected chi connectivity index (χ1v) is 5.28. The highest BCUT2D eigenvalue weighted by atomic mass is 16.4. The average Bonchev–Trinajstić information content (AvgIpc) is 2.28. The van der Waals surface area contributed by atoms with Crippen LogP contribution in [0.15, 0.2) is 29.1 Å². The lowest BCUT2D eigenvalue weighted by Gasteiger charge is -2.08. The molecule has 2 N–H and O–H groups in total. The molecule has 0 amide bonds. The summed E-state index contributed by atoms with van der Waals surface area (Å²) in [7, 11) is 0. The van der Waals surface area contributed by atoms with Gasteiger partial charge in [0.05, 0.1) is 17.3 Å². The van der Waals surface area contributed by atoms with Gasteiger partial charge in [0.15, 0.2) is 0 Å². The fourth-order valence-electron chi connectivity index (χ4n) is 1.70. The second-order valence-corrected chi connectivity index (χ2v) is 3.97. The summed E-state index contributed by atoms with van der Waals surface area (Å²) in [6, 6.07) is 6.98. The lowest BCUT2D eigenvalue weighted by molar-refractivity contribution is -0.137. The second-order valence-electron chi connectivity index (χ2n) is 3.97. The number of aromatic amines is 1. The van der Waals surface area contributed by atoms with Gasteiger partial charge in [-0.1, -0.05) is 19.1 Å². The average molecular weight is 232 g/mol. The molecule has 5 heteroatoms. The molecule has 5 nitrogen and oxygen atoms in total. The molecule has 0 aliphatic rings. The predicted molar refractivity (Wildman–Crippen MR) is 63.0 cm³/mol. The Bertz CT molecular complexity index is 618. The third-order valence-corrected chi connectivity index (χ3v) is 2.58. The van der Waals surface area contributed by atoms with Crippen molar-refractivity contribution in [2.24, 2.45) is 0 Å². The van der Waals surface area contributed by atoms with Gasteiger partial charge in [-0.25, -0.2) is 4.98 Å². The Labute approximate surface area is 97.1 Å². The molecular formula is C12H12N2O3. The minimum atomic E-state index is -0.909. The predicted octanol–water partition coefficient (Wildman–Crippen LogP) is 1.50. The summed E-state index contributed by atoms with van der Waals surface area (Å²) < 4.78 is 0. The zero-order chi connectivity index (χ0) is 12.4. The summed E-state index contributed by atoms with van der Waals surface area (Å²) in [6.07, 6.45) is -0.0543. The molecule has 1 aromatic carbocycles. The first-order valence-electron chi connectivity index (χ1n) is 5.28. The zero-order valence-electron chi connectivity index (χ0n) is 9.30. The standard InChI is InChI=1S/C12H12N2O3/c1-7(6-10(15)16)11-13-9-5-3-2-4-8(9)12(17)14-11/h2-5,7H,6H2,1H3,(H,15,16)(H,13,14,17). The quantitative estimate of drug-likeness (QED) is 0.840. The molecular weight excluding hydrogens is 220 g/mol. The van der Waals surface area contributed by atoms with Gasteiger partial charge in [0, 0.05) is 5.92 Å². The van der Waals surface area contributed by atoms with Crippen LogP contribution in [0.5, 0.6) is 0 Å². The van der Waals surface area contributed by atoms with Crippen molar-refractivity contribution in [3.05, 3.63) is 40.4 Å². The van der Waals surface area contributed by atoms with Gasteiger partial charge in [-0.2, -0.15) is 0 Å². The first-order chi connectivity index (χ1) is 8.08. The zero-order valence-corrected chi connectivity index (χ0v) is 9.30.